The molecule has 0 fully saturated rings. The van der Waals surface area contributed by atoms with Crippen LogP contribution in [0.2, 0.25) is 5.02 Å². The van der Waals surface area contributed by atoms with Gasteiger partial charge in [0.1, 0.15) is 5.01 Å². The SMILES string of the molecule is C[C@@H](NC(=O)CN(C)Cc1nc2ccccc2s1)c1ccc(Cl)cc1. The Balaban J connectivity index is 1.54. The van der Waals surface area contributed by atoms with Crippen LogP contribution in [-0.2, 0) is 11.3 Å². The number of nitrogens with one attached hydrogen (secondary N) is 1. The zero-order valence-corrected chi connectivity index (χ0v) is 15.8. The van der Waals surface area contributed by atoms with Crippen molar-refractivity contribution in [3.8, 4) is 0 Å². The van der Waals surface area contributed by atoms with E-state index in [-0.39, 0.29) is 11.9 Å². The lowest BCUT2D eigenvalue weighted by Gasteiger charge is -2.18. The van der Waals surface area contributed by atoms with Crippen LogP contribution in [0.5, 0.6) is 0 Å². The minimum Gasteiger partial charge on any atom is -0.348 e. The van der Waals surface area contributed by atoms with Crippen LogP contribution in [0, 0.1) is 0 Å². The fourth-order valence-corrected chi connectivity index (χ4v) is 3.82. The highest BCUT2D eigenvalue weighted by atomic mass is 35.5. The summed E-state index contributed by atoms with van der Waals surface area (Å²) in [6.07, 6.45) is 0. The average molecular weight is 374 g/mol. The Labute approximate surface area is 156 Å². The molecule has 4 nitrogen and oxygen atoms in total. The molecule has 0 saturated carbocycles. The molecule has 1 amide bonds. The summed E-state index contributed by atoms with van der Waals surface area (Å²) in [6, 6.07) is 15.5. The Bertz CT molecular complexity index is 829. The fraction of sp³-hybridized carbons (Fsp3) is 0.263. The maximum Gasteiger partial charge on any atom is 0.234 e. The van der Waals surface area contributed by atoms with E-state index in [0.717, 1.165) is 16.1 Å². The summed E-state index contributed by atoms with van der Waals surface area (Å²) in [4.78, 5) is 18.9. The molecular formula is C19H20ClN3OS. The van der Waals surface area contributed by atoms with Gasteiger partial charge in [0.05, 0.1) is 29.3 Å². The van der Waals surface area contributed by atoms with Crippen LogP contribution in [0.3, 0.4) is 0 Å². The highest BCUT2D eigenvalue weighted by molar-refractivity contribution is 7.18. The van der Waals surface area contributed by atoms with E-state index in [0.29, 0.717) is 18.1 Å². The van der Waals surface area contributed by atoms with Gasteiger partial charge in [-0.3, -0.25) is 9.69 Å². The maximum absolute atomic E-state index is 12.3. The third-order valence-corrected chi connectivity index (χ3v) is 5.18. The number of rotatable bonds is 6. The van der Waals surface area contributed by atoms with E-state index in [9.17, 15) is 4.79 Å². The number of thiazole rings is 1. The first-order chi connectivity index (χ1) is 12.0. The summed E-state index contributed by atoms with van der Waals surface area (Å²) in [5.74, 6) is -0.00828. The molecule has 3 aromatic rings. The minimum absolute atomic E-state index is 0.00828. The van der Waals surface area contributed by atoms with Crippen molar-refractivity contribution < 1.29 is 4.79 Å². The van der Waals surface area contributed by atoms with Crippen molar-refractivity contribution in [3.63, 3.8) is 0 Å². The van der Waals surface area contributed by atoms with E-state index in [4.69, 9.17) is 11.6 Å². The van der Waals surface area contributed by atoms with Crippen LogP contribution in [0.4, 0.5) is 0 Å². The zero-order valence-electron chi connectivity index (χ0n) is 14.2. The molecule has 0 aliphatic carbocycles. The molecule has 0 spiro atoms. The second-order valence-electron chi connectivity index (χ2n) is 6.09. The van der Waals surface area contributed by atoms with Gasteiger partial charge in [-0.1, -0.05) is 35.9 Å². The second-order valence-corrected chi connectivity index (χ2v) is 7.64. The normalized spacial score (nSPS) is 12.5. The first-order valence-corrected chi connectivity index (χ1v) is 9.28. The Morgan fingerprint density at radius 1 is 1.24 bits per heavy atom. The zero-order chi connectivity index (χ0) is 17.8. The highest BCUT2D eigenvalue weighted by Gasteiger charge is 2.13. The summed E-state index contributed by atoms with van der Waals surface area (Å²) < 4.78 is 1.17. The number of fused-ring (bicyclic) bond motifs is 1. The summed E-state index contributed by atoms with van der Waals surface area (Å²) in [7, 11) is 1.93. The molecule has 1 aromatic heterocycles. The average Bonchev–Trinajstić information content (AvgIpc) is 2.97. The van der Waals surface area contributed by atoms with Crippen molar-refractivity contribution in [3.05, 3.63) is 64.1 Å². The molecule has 0 aliphatic rings. The van der Waals surface area contributed by atoms with Gasteiger partial charge in [-0.05, 0) is 43.8 Å². The van der Waals surface area contributed by atoms with Crippen LogP contribution in [0.25, 0.3) is 10.2 Å². The lowest BCUT2D eigenvalue weighted by Crippen LogP contribution is -2.36. The quantitative estimate of drug-likeness (QED) is 0.702. The van der Waals surface area contributed by atoms with Crippen molar-refractivity contribution in [2.45, 2.75) is 19.5 Å². The maximum atomic E-state index is 12.3. The molecular weight excluding hydrogens is 354 g/mol. The van der Waals surface area contributed by atoms with Gasteiger partial charge in [-0.2, -0.15) is 0 Å². The van der Waals surface area contributed by atoms with Gasteiger partial charge in [-0.25, -0.2) is 4.98 Å². The smallest absolute Gasteiger partial charge is 0.234 e. The van der Waals surface area contributed by atoms with E-state index < -0.39 is 0 Å². The van der Waals surface area contributed by atoms with Crippen molar-refractivity contribution in [2.24, 2.45) is 0 Å². The molecule has 0 radical (unpaired) electrons. The summed E-state index contributed by atoms with van der Waals surface area (Å²) in [5, 5.41) is 4.73. The molecule has 1 heterocycles. The minimum atomic E-state index is -0.0550. The lowest BCUT2D eigenvalue weighted by atomic mass is 10.1. The number of para-hydroxylation sites is 1. The molecule has 0 bridgehead atoms. The van der Waals surface area contributed by atoms with Crippen LogP contribution < -0.4 is 5.32 Å². The van der Waals surface area contributed by atoms with Crippen molar-refractivity contribution in [1.29, 1.82) is 0 Å². The van der Waals surface area contributed by atoms with Gasteiger partial charge in [0.2, 0.25) is 5.91 Å². The third-order valence-electron chi connectivity index (χ3n) is 3.90. The van der Waals surface area contributed by atoms with E-state index in [1.165, 1.54) is 4.70 Å². The monoisotopic (exact) mass is 373 g/mol. The number of likely N-dealkylation sites (N-methyl/N-ethyl adjacent to an activating group) is 1. The Morgan fingerprint density at radius 2 is 1.96 bits per heavy atom. The number of carbonyl (C=O) groups excluding carboxylic acids is 1. The van der Waals surface area contributed by atoms with Gasteiger partial charge in [-0.15, -0.1) is 11.3 Å². The van der Waals surface area contributed by atoms with Crippen molar-refractivity contribution >= 4 is 39.1 Å². The van der Waals surface area contributed by atoms with E-state index >= 15 is 0 Å². The van der Waals surface area contributed by atoms with Crippen LogP contribution in [0.1, 0.15) is 23.5 Å². The first kappa shape index (κ1) is 17.9. The number of hydrogen-bond acceptors (Lipinski definition) is 4. The van der Waals surface area contributed by atoms with Gasteiger partial charge in [0, 0.05) is 5.02 Å². The molecule has 3 rings (SSSR count). The summed E-state index contributed by atoms with van der Waals surface area (Å²) in [6.45, 7) is 2.95. The molecule has 0 unspecified atom stereocenters. The molecule has 2 aromatic carbocycles. The van der Waals surface area contributed by atoms with Gasteiger partial charge in [0.25, 0.3) is 0 Å². The molecule has 130 valence electrons. The molecule has 0 aliphatic heterocycles. The molecule has 1 atom stereocenters. The van der Waals surface area contributed by atoms with Crippen LogP contribution >= 0.6 is 22.9 Å². The summed E-state index contributed by atoms with van der Waals surface area (Å²) in [5.41, 5.74) is 2.04. The number of hydrogen-bond donors (Lipinski definition) is 1. The Hall–Kier alpha value is -1.95. The molecule has 1 N–H and O–H groups in total. The molecule has 0 saturated heterocycles. The Kier molecular flexibility index (Phi) is 5.68. The van der Waals surface area contributed by atoms with Crippen molar-refractivity contribution in [2.75, 3.05) is 13.6 Å². The van der Waals surface area contributed by atoms with E-state index in [2.05, 4.69) is 16.4 Å². The summed E-state index contributed by atoms with van der Waals surface area (Å²) >= 11 is 7.57. The fourth-order valence-electron chi connectivity index (χ4n) is 2.64. The number of halogens is 1. The largest absolute Gasteiger partial charge is 0.348 e. The standard InChI is InChI=1S/C19H20ClN3OS/c1-13(14-7-9-15(20)10-8-14)21-18(24)11-23(2)12-19-22-16-5-3-4-6-17(16)25-19/h3-10,13H,11-12H2,1-2H3,(H,21,24)/t13-/m1/s1. The van der Waals surface area contributed by atoms with Gasteiger partial charge in [0.15, 0.2) is 0 Å². The predicted octanol–water partition coefficient (Wildman–Crippen LogP) is 4.26. The van der Waals surface area contributed by atoms with Crippen LogP contribution in [0.15, 0.2) is 48.5 Å². The predicted molar refractivity (Wildman–Crippen MR) is 104 cm³/mol. The van der Waals surface area contributed by atoms with Gasteiger partial charge >= 0.3 is 0 Å². The second kappa shape index (κ2) is 7.95. The number of nitrogens with zero attached hydrogens (tertiary/aromatic N) is 2. The van der Waals surface area contributed by atoms with E-state index in [1.807, 2.05) is 61.3 Å². The van der Waals surface area contributed by atoms with Crippen molar-refractivity contribution in [1.82, 2.24) is 15.2 Å². The first-order valence-electron chi connectivity index (χ1n) is 8.09. The topological polar surface area (TPSA) is 45.2 Å². The number of aromatic nitrogens is 1. The number of carbonyl (C=O) groups is 1. The third kappa shape index (κ3) is 4.78. The highest BCUT2D eigenvalue weighted by Crippen LogP contribution is 2.22. The van der Waals surface area contributed by atoms with Gasteiger partial charge < -0.3 is 5.32 Å². The Morgan fingerprint density at radius 3 is 2.68 bits per heavy atom. The molecule has 6 heteroatoms. The molecule has 25 heavy (non-hydrogen) atoms. The van der Waals surface area contributed by atoms with Crippen LogP contribution in [-0.4, -0.2) is 29.4 Å². The lowest BCUT2D eigenvalue weighted by molar-refractivity contribution is -0.122. The number of benzene rings is 2. The number of amides is 1. The van der Waals surface area contributed by atoms with E-state index in [1.54, 1.807) is 11.3 Å².